The van der Waals surface area contributed by atoms with Crippen molar-refractivity contribution in [3.05, 3.63) is 93.9 Å². The zero-order chi connectivity index (χ0) is 23.0. The number of carbonyl (C=O) groups excluding carboxylic acids is 2. The summed E-state index contributed by atoms with van der Waals surface area (Å²) in [5, 5.41) is 3.37. The average Bonchev–Trinajstić information content (AvgIpc) is 3.01. The van der Waals surface area contributed by atoms with Gasteiger partial charge in [0.05, 0.1) is 23.4 Å². The van der Waals surface area contributed by atoms with E-state index in [2.05, 4.69) is 5.32 Å². The van der Waals surface area contributed by atoms with Crippen LogP contribution in [0.3, 0.4) is 0 Å². The minimum Gasteiger partial charge on any atom is -0.495 e. The summed E-state index contributed by atoms with van der Waals surface area (Å²) in [6, 6.07) is 15.8. The van der Waals surface area contributed by atoms with Crippen molar-refractivity contribution < 1.29 is 18.7 Å². The van der Waals surface area contributed by atoms with Crippen LogP contribution in [0.5, 0.6) is 5.75 Å². The Balaban J connectivity index is 1.81. The maximum absolute atomic E-state index is 13.5. The Kier molecular flexibility index (Phi) is 5.72. The number of benzene rings is 3. The molecule has 1 aliphatic heterocycles. The molecule has 4 rings (SSSR count). The summed E-state index contributed by atoms with van der Waals surface area (Å²) in [6.07, 6.45) is 0. The Hall–Kier alpha value is -3.64. The van der Waals surface area contributed by atoms with Crippen LogP contribution >= 0.6 is 11.6 Å². The molecule has 32 heavy (non-hydrogen) atoms. The van der Waals surface area contributed by atoms with Gasteiger partial charge in [0.1, 0.15) is 17.3 Å². The topological polar surface area (TPSA) is 58.6 Å². The van der Waals surface area contributed by atoms with Crippen molar-refractivity contribution in [2.75, 3.05) is 17.3 Å². The molecule has 1 aliphatic rings. The third-order valence-electron chi connectivity index (χ3n) is 5.39. The number of rotatable bonds is 5. The number of nitrogens with one attached hydrogen (secondary N) is 1. The van der Waals surface area contributed by atoms with Gasteiger partial charge in [0, 0.05) is 5.69 Å². The molecule has 0 saturated heterocycles. The van der Waals surface area contributed by atoms with E-state index in [4.69, 9.17) is 16.3 Å². The number of amides is 2. The van der Waals surface area contributed by atoms with E-state index in [1.165, 1.54) is 37.4 Å². The van der Waals surface area contributed by atoms with Gasteiger partial charge in [0.2, 0.25) is 0 Å². The molecule has 2 amide bonds. The number of halogens is 2. The molecule has 162 valence electrons. The Labute approximate surface area is 190 Å². The van der Waals surface area contributed by atoms with E-state index in [-0.39, 0.29) is 16.3 Å². The molecule has 0 bridgehead atoms. The van der Waals surface area contributed by atoms with E-state index in [9.17, 15) is 14.0 Å². The van der Waals surface area contributed by atoms with Crippen molar-refractivity contribution in [3.63, 3.8) is 0 Å². The fourth-order valence-corrected chi connectivity index (χ4v) is 3.77. The van der Waals surface area contributed by atoms with Gasteiger partial charge in [0.25, 0.3) is 11.8 Å². The Bertz CT molecular complexity index is 1270. The van der Waals surface area contributed by atoms with Crippen molar-refractivity contribution in [2.45, 2.75) is 13.8 Å². The molecule has 3 aromatic carbocycles. The van der Waals surface area contributed by atoms with E-state index < -0.39 is 17.6 Å². The molecular weight excluding hydrogens is 431 g/mol. The second kappa shape index (κ2) is 8.48. The van der Waals surface area contributed by atoms with Crippen LogP contribution in [0.4, 0.5) is 15.8 Å². The maximum Gasteiger partial charge on any atom is 0.282 e. The van der Waals surface area contributed by atoms with Crippen LogP contribution in [-0.4, -0.2) is 18.9 Å². The molecule has 0 aromatic heterocycles. The van der Waals surface area contributed by atoms with Crippen molar-refractivity contribution in [1.82, 2.24) is 0 Å². The van der Waals surface area contributed by atoms with Crippen LogP contribution in [0.15, 0.2) is 66.4 Å². The lowest BCUT2D eigenvalue weighted by molar-refractivity contribution is -0.120. The minimum absolute atomic E-state index is 0.108. The summed E-state index contributed by atoms with van der Waals surface area (Å²) < 4.78 is 18.7. The Morgan fingerprint density at radius 2 is 1.62 bits per heavy atom. The van der Waals surface area contributed by atoms with E-state index in [0.717, 1.165) is 16.0 Å². The van der Waals surface area contributed by atoms with Gasteiger partial charge in [-0.25, -0.2) is 9.29 Å². The highest BCUT2D eigenvalue weighted by Gasteiger charge is 2.40. The van der Waals surface area contributed by atoms with Crippen LogP contribution in [0.2, 0.25) is 5.02 Å². The summed E-state index contributed by atoms with van der Waals surface area (Å²) in [5.74, 6) is -1.08. The molecule has 1 heterocycles. The lowest BCUT2D eigenvalue weighted by Gasteiger charge is -2.16. The van der Waals surface area contributed by atoms with Gasteiger partial charge in [-0.05, 0) is 73.0 Å². The maximum atomic E-state index is 13.5. The van der Waals surface area contributed by atoms with Gasteiger partial charge in [-0.1, -0.05) is 29.8 Å². The SMILES string of the molecule is COc1ccc(N2C(=O)C(Nc3ccc(C)c(C)c3)=C(c3ccc(F)cc3)C2=O)cc1Cl. The summed E-state index contributed by atoms with van der Waals surface area (Å²) in [4.78, 5) is 27.9. The molecule has 1 N–H and O–H groups in total. The molecule has 0 aliphatic carbocycles. The van der Waals surface area contributed by atoms with Crippen molar-refractivity contribution in [2.24, 2.45) is 0 Å². The second-order valence-corrected chi connectivity index (χ2v) is 7.85. The molecule has 3 aromatic rings. The number of imide groups is 1. The molecular formula is C25H20ClFN2O3. The van der Waals surface area contributed by atoms with Crippen LogP contribution in [0.1, 0.15) is 16.7 Å². The van der Waals surface area contributed by atoms with Gasteiger partial charge in [-0.2, -0.15) is 0 Å². The predicted octanol–water partition coefficient (Wildman–Crippen LogP) is 5.50. The zero-order valence-electron chi connectivity index (χ0n) is 17.7. The van der Waals surface area contributed by atoms with Crippen molar-refractivity contribution in [1.29, 1.82) is 0 Å². The number of ether oxygens (including phenoxy) is 1. The third-order valence-corrected chi connectivity index (χ3v) is 5.68. The number of hydrogen-bond donors (Lipinski definition) is 1. The number of nitrogens with zero attached hydrogens (tertiary/aromatic N) is 1. The largest absolute Gasteiger partial charge is 0.495 e. The lowest BCUT2D eigenvalue weighted by atomic mass is 10.0. The van der Waals surface area contributed by atoms with Crippen molar-refractivity contribution in [3.8, 4) is 5.75 Å². The molecule has 5 nitrogen and oxygen atoms in total. The van der Waals surface area contributed by atoms with Crippen LogP contribution < -0.4 is 15.0 Å². The minimum atomic E-state index is -0.534. The molecule has 0 atom stereocenters. The van der Waals surface area contributed by atoms with Gasteiger partial charge in [0.15, 0.2) is 0 Å². The third kappa shape index (κ3) is 3.85. The summed E-state index contributed by atoms with van der Waals surface area (Å²) in [7, 11) is 1.48. The van der Waals surface area contributed by atoms with E-state index in [1.54, 1.807) is 12.1 Å². The van der Waals surface area contributed by atoms with E-state index in [1.807, 2.05) is 32.0 Å². The van der Waals surface area contributed by atoms with E-state index >= 15 is 0 Å². The summed E-state index contributed by atoms with van der Waals surface area (Å²) in [5.41, 5.74) is 3.80. The van der Waals surface area contributed by atoms with Crippen LogP contribution in [-0.2, 0) is 9.59 Å². The summed E-state index contributed by atoms with van der Waals surface area (Å²) in [6.45, 7) is 3.95. The van der Waals surface area contributed by atoms with Crippen LogP contribution in [0.25, 0.3) is 5.57 Å². The summed E-state index contributed by atoms with van der Waals surface area (Å²) >= 11 is 6.23. The first kappa shape index (κ1) is 21.6. The zero-order valence-corrected chi connectivity index (χ0v) is 18.5. The van der Waals surface area contributed by atoms with Gasteiger partial charge in [-0.3, -0.25) is 9.59 Å². The smallest absolute Gasteiger partial charge is 0.282 e. The fraction of sp³-hybridized carbons (Fsp3) is 0.120. The monoisotopic (exact) mass is 450 g/mol. The quantitative estimate of drug-likeness (QED) is 0.521. The molecule has 0 radical (unpaired) electrons. The van der Waals surface area contributed by atoms with Gasteiger partial charge < -0.3 is 10.1 Å². The molecule has 0 spiro atoms. The number of carbonyl (C=O) groups is 2. The van der Waals surface area contributed by atoms with Gasteiger partial charge >= 0.3 is 0 Å². The van der Waals surface area contributed by atoms with Crippen molar-refractivity contribution >= 4 is 40.4 Å². The second-order valence-electron chi connectivity index (χ2n) is 7.45. The molecule has 0 unspecified atom stereocenters. The first-order chi connectivity index (χ1) is 15.3. The number of methoxy groups -OCH3 is 1. The molecule has 7 heteroatoms. The number of anilines is 2. The Morgan fingerprint density at radius 1 is 0.906 bits per heavy atom. The average molecular weight is 451 g/mol. The first-order valence-electron chi connectivity index (χ1n) is 9.87. The molecule has 0 saturated carbocycles. The normalized spacial score (nSPS) is 13.7. The molecule has 0 fully saturated rings. The lowest BCUT2D eigenvalue weighted by Crippen LogP contribution is -2.32. The fourth-order valence-electron chi connectivity index (χ4n) is 3.52. The van der Waals surface area contributed by atoms with Gasteiger partial charge in [-0.15, -0.1) is 0 Å². The van der Waals surface area contributed by atoms with Crippen LogP contribution in [0, 0.1) is 19.7 Å². The Morgan fingerprint density at radius 3 is 2.25 bits per heavy atom. The highest BCUT2D eigenvalue weighted by atomic mass is 35.5. The number of hydrogen-bond acceptors (Lipinski definition) is 4. The van der Waals surface area contributed by atoms with E-state index in [0.29, 0.717) is 22.7 Å². The number of aryl methyl sites for hydroxylation is 2. The standard InChI is InChI=1S/C25H20ClFN2O3/c1-14-4-9-18(12-15(14)2)28-23-22(16-5-7-17(27)8-6-16)24(30)29(25(23)31)19-10-11-21(32-3)20(26)13-19/h4-13,28H,1-3H3. The predicted molar refractivity (Wildman–Crippen MR) is 123 cm³/mol. The highest BCUT2D eigenvalue weighted by molar-refractivity contribution is 6.46. The first-order valence-corrected chi connectivity index (χ1v) is 10.2. The highest BCUT2D eigenvalue weighted by Crippen LogP contribution is 2.36.